The van der Waals surface area contributed by atoms with E-state index in [0.29, 0.717) is 19.8 Å². The lowest BCUT2D eigenvalue weighted by Crippen LogP contribution is -2.48. The summed E-state index contributed by atoms with van der Waals surface area (Å²) in [7, 11) is 0. The van der Waals surface area contributed by atoms with Crippen LogP contribution in [0.15, 0.2) is 18.2 Å². The molecule has 122 valence electrons. The molecule has 0 radical (unpaired) electrons. The summed E-state index contributed by atoms with van der Waals surface area (Å²) in [6.45, 7) is 2.84. The Balaban J connectivity index is 1.55. The number of rotatable bonds is 2. The molecule has 2 aromatic rings. The maximum absolute atomic E-state index is 12.3. The van der Waals surface area contributed by atoms with Crippen molar-refractivity contribution in [2.24, 2.45) is 0 Å². The molecule has 4 rings (SSSR count). The van der Waals surface area contributed by atoms with Crippen LogP contribution in [-0.2, 0) is 22.5 Å². The molecule has 0 bridgehead atoms. The van der Waals surface area contributed by atoms with Gasteiger partial charge in [0.15, 0.2) is 0 Å². The summed E-state index contributed by atoms with van der Waals surface area (Å²) in [5.41, 5.74) is 2.93. The van der Waals surface area contributed by atoms with Gasteiger partial charge >= 0.3 is 0 Å². The molecule has 1 saturated heterocycles. The number of hydrogen-bond acceptors (Lipinski definition) is 4. The Kier molecular flexibility index (Phi) is 4.01. The van der Waals surface area contributed by atoms with Crippen molar-refractivity contribution in [2.45, 2.75) is 38.3 Å². The van der Waals surface area contributed by atoms with E-state index in [4.69, 9.17) is 9.72 Å². The van der Waals surface area contributed by atoms with Crippen molar-refractivity contribution in [1.29, 1.82) is 0 Å². The summed E-state index contributed by atoms with van der Waals surface area (Å²) in [5.74, 6) is 1.12. The molecule has 3 heterocycles. The Labute approximate surface area is 135 Å². The van der Waals surface area contributed by atoms with E-state index in [0.717, 1.165) is 24.2 Å². The molecule has 0 spiro atoms. The Hall–Kier alpha value is -1.92. The number of nitrogens with one attached hydrogen (secondary N) is 2. The Bertz CT molecular complexity index is 719. The van der Waals surface area contributed by atoms with Crippen LogP contribution >= 0.6 is 0 Å². The van der Waals surface area contributed by atoms with Crippen LogP contribution in [-0.4, -0.2) is 41.3 Å². The maximum Gasteiger partial charge on any atom is 0.243 e. The van der Waals surface area contributed by atoms with Gasteiger partial charge in [-0.3, -0.25) is 4.79 Å². The lowest BCUT2D eigenvalue weighted by Gasteiger charge is -2.22. The number of hydrogen-bond donors (Lipinski definition) is 2. The number of aryl methyl sites for hydroxylation is 2. The van der Waals surface area contributed by atoms with Crippen molar-refractivity contribution in [2.75, 3.05) is 25.1 Å². The minimum Gasteiger partial charge on any atom is -0.378 e. The molecule has 6 heteroatoms. The molecule has 0 saturated carbocycles. The van der Waals surface area contributed by atoms with Gasteiger partial charge in [-0.2, -0.15) is 0 Å². The van der Waals surface area contributed by atoms with Crippen LogP contribution in [0.3, 0.4) is 0 Å². The highest BCUT2D eigenvalue weighted by molar-refractivity contribution is 5.96. The molecule has 6 nitrogen and oxygen atoms in total. The number of aromatic nitrogens is 2. The quantitative estimate of drug-likeness (QED) is 0.885. The van der Waals surface area contributed by atoms with Crippen molar-refractivity contribution in [1.82, 2.24) is 14.9 Å². The summed E-state index contributed by atoms with van der Waals surface area (Å²) >= 11 is 0. The third kappa shape index (κ3) is 2.96. The number of imidazole rings is 1. The predicted molar refractivity (Wildman–Crippen MR) is 88.5 cm³/mol. The summed E-state index contributed by atoms with van der Waals surface area (Å²) in [5, 5.41) is 6.13. The Morgan fingerprint density at radius 1 is 1.35 bits per heavy atom. The van der Waals surface area contributed by atoms with Crippen LogP contribution in [0.4, 0.5) is 5.69 Å². The van der Waals surface area contributed by atoms with E-state index in [2.05, 4.69) is 21.3 Å². The topological polar surface area (TPSA) is 68.2 Å². The van der Waals surface area contributed by atoms with Gasteiger partial charge < -0.3 is 19.9 Å². The van der Waals surface area contributed by atoms with Crippen molar-refractivity contribution in [3.05, 3.63) is 24.0 Å². The van der Waals surface area contributed by atoms with Gasteiger partial charge in [0.2, 0.25) is 5.91 Å². The van der Waals surface area contributed by atoms with E-state index in [9.17, 15) is 4.79 Å². The number of ether oxygens (including phenoxy) is 1. The molecular formula is C17H22N4O2. The molecule has 1 aromatic heterocycles. The second-order valence-electron chi connectivity index (χ2n) is 6.26. The second kappa shape index (κ2) is 6.29. The van der Waals surface area contributed by atoms with Gasteiger partial charge in [0, 0.05) is 25.2 Å². The average molecular weight is 314 g/mol. The van der Waals surface area contributed by atoms with Gasteiger partial charge in [-0.15, -0.1) is 0 Å². The van der Waals surface area contributed by atoms with Crippen LogP contribution in [0.1, 0.15) is 25.1 Å². The second-order valence-corrected chi connectivity index (χ2v) is 6.26. The molecule has 2 N–H and O–H groups in total. The zero-order valence-electron chi connectivity index (χ0n) is 13.2. The van der Waals surface area contributed by atoms with E-state index >= 15 is 0 Å². The molecule has 2 aliphatic heterocycles. The van der Waals surface area contributed by atoms with Crippen LogP contribution in [0.25, 0.3) is 11.0 Å². The van der Waals surface area contributed by atoms with E-state index < -0.39 is 0 Å². The number of carbonyl (C=O) groups excluding carboxylic acids is 1. The fraction of sp³-hybridized carbons (Fsp3) is 0.529. The summed E-state index contributed by atoms with van der Waals surface area (Å²) < 4.78 is 7.66. The zero-order valence-corrected chi connectivity index (χ0v) is 13.2. The number of anilines is 1. The number of benzene rings is 1. The van der Waals surface area contributed by atoms with Crippen LogP contribution in [0, 0.1) is 0 Å². The zero-order chi connectivity index (χ0) is 15.6. The van der Waals surface area contributed by atoms with Crippen molar-refractivity contribution in [3.63, 3.8) is 0 Å². The maximum atomic E-state index is 12.3. The predicted octanol–water partition coefficient (Wildman–Crippen LogP) is 1.69. The first-order chi connectivity index (χ1) is 11.3. The van der Waals surface area contributed by atoms with Crippen LogP contribution in [0.5, 0.6) is 0 Å². The van der Waals surface area contributed by atoms with Crippen molar-refractivity contribution < 1.29 is 9.53 Å². The number of carbonyl (C=O) groups is 1. The number of fused-ring (bicyclic) bond motifs is 3. The third-order valence-electron chi connectivity index (χ3n) is 4.62. The molecule has 0 aliphatic carbocycles. The lowest BCUT2D eigenvalue weighted by atomic mass is 10.2. The van der Waals surface area contributed by atoms with E-state index in [1.807, 2.05) is 12.1 Å². The number of nitrogens with zero attached hydrogens (tertiary/aromatic N) is 2. The number of morpholine rings is 1. The molecule has 1 amide bonds. The minimum absolute atomic E-state index is 0.0511. The van der Waals surface area contributed by atoms with Gasteiger partial charge in [0.25, 0.3) is 0 Å². The standard InChI is InChI=1S/C17H22N4O2/c22-17(14-11-23-9-7-18-14)19-12-5-6-15-13(10-12)20-16-4-2-1-3-8-21(15)16/h5-6,10,14,18H,1-4,7-9,11H2,(H,19,22). The fourth-order valence-corrected chi connectivity index (χ4v) is 3.39. The Morgan fingerprint density at radius 2 is 2.30 bits per heavy atom. The molecule has 1 atom stereocenters. The molecule has 1 aromatic carbocycles. The average Bonchev–Trinajstić information content (AvgIpc) is 2.76. The monoisotopic (exact) mass is 314 g/mol. The minimum atomic E-state index is -0.279. The lowest BCUT2D eigenvalue weighted by molar-refractivity contribution is -0.120. The molecular weight excluding hydrogens is 292 g/mol. The highest BCUT2D eigenvalue weighted by atomic mass is 16.5. The highest BCUT2D eigenvalue weighted by Gasteiger charge is 2.21. The van der Waals surface area contributed by atoms with E-state index in [1.165, 1.54) is 30.6 Å². The molecule has 2 aliphatic rings. The summed E-state index contributed by atoms with van der Waals surface area (Å²) in [4.78, 5) is 17.0. The summed E-state index contributed by atoms with van der Waals surface area (Å²) in [6, 6.07) is 5.72. The van der Waals surface area contributed by atoms with Crippen LogP contribution < -0.4 is 10.6 Å². The van der Waals surface area contributed by atoms with Gasteiger partial charge in [-0.25, -0.2) is 4.98 Å². The van der Waals surface area contributed by atoms with Gasteiger partial charge in [0.1, 0.15) is 11.9 Å². The first-order valence-corrected chi connectivity index (χ1v) is 8.42. The number of amides is 1. The fourth-order valence-electron chi connectivity index (χ4n) is 3.39. The van der Waals surface area contributed by atoms with E-state index in [1.54, 1.807) is 0 Å². The molecule has 1 unspecified atom stereocenters. The SMILES string of the molecule is O=C(Nc1ccc2c(c1)nc1n2CCCCC1)C1COCCN1. The van der Waals surface area contributed by atoms with Gasteiger partial charge in [0.05, 0.1) is 24.2 Å². The summed E-state index contributed by atoms with van der Waals surface area (Å²) in [6.07, 6.45) is 4.74. The smallest absolute Gasteiger partial charge is 0.243 e. The highest BCUT2D eigenvalue weighted by Crippen LogP contribution is 2.24. The van der Waals surface area contributed by atoms with E-state index in [-0.39, 0.29) is 11.9 Å². The van der Waals surface area contributed by atoms with Crippen molar-refractivity contribution >= 4 is 22.6 Å². The Morgan fingerprint density at radius 3 is 3.17 bits per heavy atom. The largest absolute Gasteiger partial charge is 0.378 e. The van der Waals surface area contributed by atoms with Crippen molar-refractivity contribution in [3.8, 4) is 0 Å². The third-order valence-corrected chi connectivity index (χ3v) is 4.62. The van der Waals surface area contributed by atoms with Gasteiger partial charge in [-0.05, 0) is 31.0 Å². The van der Waals surface area contributed by atoms with Gasteiger partial charge in [-0.1, -0.05) is 6.42 Å². The molecule has 1 fully saturated rings. The normalized spacial score (nSPS) is 21.7. The molecule has 23 heavy (non-hydrogen) atoms. The van der Waals surface area contributed by atoms with Crippen LogP contribution in [0.2, 0.25) is 0 Å². The first-order valence-electron chi connectivity index (χ1n) is 8.42. The first kappa shape index (κ1) is 14.7.